The minimum Gasteiger partial charge on any atom is -0.314 e. The van der Waals surface area contributed by atoms with Gasteiger partial charge >= 0.3 is 0 Å². The van der Waals surface area contributed by atoms with Crippen LogP contribution in [0.1, 0.15) is 38.7 Å². The predicted octanol–water partition coefficient (Wildman–Crippen LogP) is 1.40. The lowest BCUT2D eigenvalue weighted by Crippen LogP contribution is -2.46. The van der Waals surface area contributed by atoms with Crippen LogP contribution in [0.3, 0.4) is 0 Å². The quantitative estimate of drug-likeness (QED) is 0.863. The first kappa shape index (κ1) is 17.4. The van der Waals surface area contributed by atoms with Crippen LogP contribution in [0.5, 0.6) is 0 Å². The molecule has 132 valence electrons. The van der Waals surface area contributed by atoms with Gasteiger partial charge in [-0.3, -0.25) is 4.79 Å². The van der Waals surface area contributed by atoms with Gasteiger partial charge in [0.05, 0.1) is 4.90 Å². The number of nitrogens with zero attached hydrogens (tertiary/aromatic N) is 1. The number of sulfonamides is 1. The Morgan fingerprint density at radius 3 is 2.88 bits per heavy atom. The second kappa shape index (κ2) is 6.82. The molecule has 0 aliphatic carbocycles. The van der Waals surface area contributed by atoms with E-state index in [1.165, 1.54) is 6.92 Å². The molecule has 0 bridgehead atoms. The monoisotopic (exact) mass is 351 g/mol. The van der Waals surface area contributed by atoms with E-state index >= 15 is 0 Å². The van der Waals surface area contributed by atoms with Gasteiger partial charge in [-0.25, -0.2) is 13.1 Å². The normalized spacial score (nSPS) is 24.5. The van der Waals surface area contributed by atoms with Crippen LogP contribution >= 0.6 is 0 Å². The molecule has 1 aromatic carbocycles. The highest BCUT2D eigenvalue weighted by atomic mass is 32.2. The van der Waals surface area contributed by atoms with E-state index in [1.807, 2.05) is 6.07 Å². The van der Waals surface area contributed by atoms with Crippen molar-refractivity contribution in [1.82, 2.24) is 10.0 Å². The molecule has 7 heteroatoms. The lowest BCUT2D eigenvalue weighted by Gasteiger charge is -2.30. The van der Waals surface area contributed by atoms with Gasteiger partial charge in [0.15, 0.2) is 0 Å². The number of aryl methyl sites for hydroxylation is 1. The molecule has 3 rings (SSSR count). The molecule has 0 radical (unpaired) electrons. The van der Waals surface area contributed by atoms with Crippen LogP contribution in [0.25, 0.3) is 0 Å². The molecule has 1 aromatic rings. The summed E-state index contributed by atoms with van der Waals surface area (Å²) in [5, 5.41) is 3.32. The fraction of sp³-hybridized carbons (Fsp3) is 0.588. The first-order valence-corrected chi connectivity index (χ1v) is 10.0. The fourth-order valence-corrected chi connectivity index (χ4v) is 4.88. The zero-order valence-electron chi connectivity index (χ0n) is 14.2. The summed E-state index contributed by atoms with van der Waals surface area (Å²) < 4.78 is 28.3. The largest absolute Gasteiger partial charge is 0.314 e. The molecule has 1 fully saturated rings. The molecule has 1 amide bonds. The van der Waals surface area contributed by atoms with Crippen molar-refractivity contribution >= 4 is 21.6 Å². The van der Waals surface area contributed by atoms with E-state index in [1.54, 1.807) is 17.0 Å². The second-order valence-corrected chi connectivity index (χ2v) is 8.48. The fourth-order valence-electron chi connectivity index (χ4n) is 3.58. The number of rotatable bonds is 3. The van der Waals surface area contributed by atoms with E-state index in [0.29, 0.717) is 12.6 Å². The summed E-state index contributed by atoms with van der Waals surface area (Å²) in [6.45, 7) is 5.04. The zero-order chi connectivity index (χ0) is 17.3. The van der Waals surface area contributed by atoms with Gasteiger partial charge in [0.2, 0.25) is 15.9 Å². The maximum absolute atomic E-state index is 12.7. The molecule has 2 heterocycles. The van der Waals surface area contributed by atoms with Crippen molar-refractivity contribution in [1.29, 1.82) is 0 Å². The average molecular weight is 351 g/mol. The van der Waals surface area contributed by atoms with E-state index in [-0.39, 0.29) is 16.8 Å². The Hall–Kier alpha value is -1.44. The molecule has 24 heavy (non-hydrogen) atoms. The lowest BCUT2D eigenvalue weighted by molar-refractivity contribution is -0.116. The zero-order valence-corrected chi connectivity index (χ0v) is 15.0. The molecular formula is C17H25N3O3S. The van der Waals surface area contributed by atoms with E-state index < -0.39 is 10.0 Å². The summed E-state index contributed by atoms with van der Waals surface area (Å²) in [4.78, 5) is 13.7. The molecule has 2 unspecified atom stereocenters. The number of piperidine rings is 1. The molecule has 2 N–H and O–H groups in total. The number of nitrogens with one attached hydrogen (secondary N) is 2. The average Bonchev–Trinajstić information content (AvgIpc) is 2.53. The van der Waals surface area contributed by atoms with Gasteiger partial charge in [0.1, 0.15) is 0 Å². The molecule has 0 saturated carbocycles. The van der Waals surface area contributed by atoms with E-state index in [0.717, 1.165) is 43.5 Å². The molecule has 0 aromatic heterocycles. The van der Waals surface area contributed by atoms with Crippen molar-refractivity contribution in [3.63, 3.8) is 0 Å². The van der Waals surface area contributed by atoms with Crippen molar-refractivity contribution in [3.8, 4) is 0 Å². The van der Waals surface area contributed by atoms with Crippen molar-refractivity contribution < 1.29 is 13.2 Å². The molecule has 2 aliphatic rings. The maximum Gasteiger partial charge on any atom is 0.240 e. The first-order valence-electron chi connectivity index (χ1n) is 8.53. The summed E-state index contributed by atoms with van der Waals surface area (Å²) in [6.07, 6.45) is 3.35. The van der Waals surface area contributed by atoms with Gasteiger partial charge in [-0.05, 0) is 56.8 Å². The Kier molecular flexibility index (Phi) is 4.94. The van der Waals surface area contributed by atoms with Crippen LogP contribution in [0.4, 0.5) is 5.69 Å². The van der Waals surface area contributed by atoms with Crippen LogP contribution in [0, 0.1) is 0 Å². The third-order valence-corrected chi connectivity index (χ3v) is 6.33. The number of hydrogen-bond donors (Lipinski definition) is 2. The standard InChI is InChI=1S/C17H25N3O3S/c1-12-10-15(7-8-18-12)19-24(22,23)16-6-5-14-4-3-9-20(13(2)21)17(14)11-16/h5-6,11-12,15,18-19H,3-4,7-10H2,1-2H3. The van der Waals surface area contributed by atoms with Crippen molar-refractivity contribution in [2.24, 2.45) is 0 Å². The molecule has 0 spiro atoms. The van der Waals surface area contributed by atoms with E-state index in [4.69, 9.17) is 0 Å². The SMILES string of the molecule is CC(=O)N1CCCc2ccc(S(=O)(=O)NC3CCNC(C)C3)cc21. The highest BCUT2D eigenvalue weighted by Crippen LogP contribution is 2.30. The number of carbonyl (C=O) groups is 1. The summed E-state index contributed by atoms with van der Waals surface area (Å²) in [5.41, 5.74) is 1.76. The smallest absolute Gasteiger partial charge is 0.240 e. The first-order chi connectivity index (χ1) is 11.4. The molecule has 6 nitrogen and oxygen atoms in total. The number of anilines is 1. The number of hydrogen-bond acceptors (Lipinski definition) is 4. The van der Waals surface area contributed by atoms with E-state index in [2.05, 4.69) is 17.0 Å². The maximum atomic E-state index is 12.7. The number of fused-ring (bicyclic) bond motifs is 1. The van der Waals surface area contributed by atoms with Crippen LogP contribution in [0.2, 0.25) is 0 Å². The lowest BCUT2D eigenvalue weighted by atomic mass is 10.0. The molecule has 2 atom stereocenters. The Morgan fingerprint density at radius 2 is 2.17 bits per heavy atom. The topological polar surface area (TPSA) is 78.5 Å². The Morgan fingerprint density at radius 1 is 1.38 bits per heavy atom. The second-order valence-electron chi connectivity index (χ2n) is 6.76. The van der Waals surface area contributed by atoms with Gasteiger partial charge in [-0.2, -0.15) is 0 Å². The Labute approximate surface area is 143 Å². The molecule has 1 saturated heterocycles. The van der Waals surface area contributed by atoms with Gasteiger partial charge in [-0.1, -0.05) is 6.07 Å². The van der Waals surface area contributed by atoms with Crippen molar-refractivity contribution in [3.05, 3.63) is 23.8 Å². The van der Waals surface area contributed by atoms with Crippen LogP contribution in [-0.2, 0) is 21.2 Å². The summed E-state index contributed by atoms with van der Waals surface area (Å²) in [5.74, 6) is -0.0503. The highest BCUT2D eigenvalue weighted by Gasteiger charge is 2.27. The summed E-state index contributed by atoms with van der Waals surface area (Å²) >= 11 is 0. The van der Waals surface area contributed by atoms with Gasteiger partial charge in [0.25, 0.3) is 0 Å². The third kappa shape index (κ3) is 3.63. The van der Waals surface area contributed by atoms with Crippen molar-refractivity contribution in [2.45, 2.75) is 56.5 Å². The van der Waals surface area contributed by atoms with Crippen LogP contribution < -0.4 is 14.9 Å². The minimum absolute atomic E-state index is 0.0498. The number of amides is 1. The summed E-state index contributed by atoms with van der Waals surface area (Å²) in [6, 6.07) is 5.39. The molecule has 2 aliphatic heterocycles. The minimum atomic E-state index is -3.58. The van der Waals surface area contributed by atoms with E-state index in [9.17, 15) is 13.2 Å². The Bertz CT molecular complexity index is 733. The highest BCUT2D eigenvalue weighted by molar-refractivity contribution is 7.89. The predicted molar refractivity (Wildman–Crippen MR) is 93.6 cm³/mol. The van der Waals surface area contributed by atoms with Gasteiger partial charge in [0, 0.05) is 31.2 Å². The van der Waals surface area contributed by atoms with Crippen molar-refractivity contribution in [2.75, 3.05) is 18.0 Å². The van der Waals surface area contributed by atoms with Gasteiger partial charge in [-0.15, -0.1) is 0 Å². The number of benzene rings is 1. The summed E-state index contributed by atoms with van der Waals surface area (Å²) in [7, 11) is -3.58. The number of carbonyl (C=O) groups excluding carboxylic acids is 1. The van der Waals surface area contributed by atoms with Crippen LogP contribution in [0.15, 0.2) is 23.1 Å². The van der Waals surface area contributed by atoms with Gasteiger partial charge < -0.3 is 10.2 Å². The third-order valence-electron chi connectivity index (χ3n) is 4.81. The molecular weight excluding hydrogens is 326 g/mol. The van der Waals surface area contributed by atoms with Crippen LogP contribution in [-0.4, -0.2) is 39.5 Å². The Balaban J connectivity index is 1.86.